The van der Waals surface area contributed by atoms with Crippen LogP contribution in [0.15, 0.2) is 61.5 Å². The van der Waals surface area contributed by atoms with Crippen molar-refractivity contribution in [3.63, 3.8) is 0 Å². The Morgan fingerprint density at radius 2 is 2.17 bits per heavy atom. The van der Waals surface area contributed by atoms with Gasteiger partial charge in [-0.25, -0.2) is 0 Å². The number of nitrogens with zero attached hydrogens (tertiary/aromatic N) is 3. The van der Waals surface area contributed by atoms with Crippen molar-refractivity contribution in [3.05, 3.63) is 67.0 Å². The van der Waals surface area contributed by atoms with Gasteiger partial charge in [0.1, 0.15) is 0 Å². The summed E-state index contributed by atoms with van der Waals surface area (Å²) in [6, 6.07) is 8.41. The summed E-state index contributed by atoms with van der Waals surface area (Å²) in [6.45, 7) is 7.70. The molecule has 3 rings (SSSR count). The summed E-state index contributed by atoms with van der Waals surface area (Å²) in [5, 5.41) is 14.5. The number of aromatic nitrogens is 1. The Hall–Kier alpha value is -2.90. The Morgan fingerprint density at radius 1 is 1.33 bits per heavy atom. The van der Waals surface area contributed by atoms with Gasteiger partial charge in [-0.2, -0.15) is 5.26 Å². The molecule has 1 aliphatic heterocycles. The van der Waals surface area contributed by atoms with Crippen LogP contribution in [0, 0.1) is 11.3 Å². The summed E-state index contributed by atoms with van der Waals surface area (Å²) in [6.07, 6.45) is 10.7. The highest BCUT2D eigenvalue weighted by Gasteiger charge is 2.15. The fourth-order valence-electron chi connectivity index (χ4n) is 3.02. The first-order chi connectivity index (χ1) is 11.8. The molecule has 1 aromatic carbocycles. The van der Waals surface area contributed by atoms with Gasteiger partial charge in [0, 0.05) is 55.7 Å². The fraction of sp³-hybridized carbons (Fsp3) is 0.200. The van der Waals surface area contributed by atoms with Crippen LogP contribution in [-0.2, 0) is 0 Å². The van der Waals surface area contributed by atoms with Crippen LogP contribution in [-0.4, -0.2) is 31.2 Å². The van der Waals surface area contributed by atoms with Crippen molar-refractivity contribution >= 4 is 22.0 Å². The summed E-state index contributed by atoms with van der Waals surface area (Å²) >= 11 is 0. The minimum atomic E-state index is 0.974. The van der Waals surface area contributed by atoms with E-state index in [2.05, 4.69) is 40.0 Å². The smallest absolute Gasteiger partial charge is 0.0912 e. The van der Waals surface area contributed by atoms with Crippen molar-refractivity contribution in [2.45, 2.75) is 0 Å². The van der Waals surface area contributed by atoms with Gasteiger partial charge in [-0.15, -0.1) is 0 Å². The summed E-state index contributed by atoms with van der Waals surface area (Å²) in [5.41, 5.74) is 3.24. The minimum absolute atomic E-state index is 0.974. The van der Waals surface area contributed by atoms with Gasteiger partial charge in [-0.3, -0.25) is 4.98 Å². The molecule has 0 spiro atoms. The van der Waals surface area contributed by atoms with E-state index in [0.717, 1.165) is 48.1 Å². The van der Waals surface area contributed by atoms with E-state index < -0.39 is 0 Å². The molecule has 2 aromatic rings. The number of nitrogens with one attached hydrogen (secondary N) is 1. The van der Waals surface area contributed by atoms with E-state index in [-0.39, 0.29) is 0 Å². The van der Waals surface area contributed by atoms with Crippen LogP contribution in [0.1, 0.15) is 5.56 Å². The molecule has 1 saturated heterocycles. The number of hydrogen-bond donors (Lipinski definition) is 1. The van der Waals surface area contributed by atoms with E-state index in [1.165, 1.54) is 11.8 Å². The third-order valence-corrected chi connectivity index (χ3v) is 4.16. The molecule has 0 bridgehead atoms. The number of pyridine rings is 1. The van der Waals surface area contributed by atoms with E-state index >= 15 is 0 Å². The van der Waals surface area contributed by atoms with Gasteiger partial charge in [0.15, 0.2) is 0 Å². The largest absolute Gasteiger partial charge is 0.368 e. The molecule has 0 unspecified atom stereocenters. The van der Waals surface area contributed by atoms with E-state index in [1.807, 2.05) is 30.6 Å². The van der Waals surface area contributed by atoms with Crippen molar-refractivity contribution in [2.75, 3.05) is 31.1 Å². The molecule has 120 valence electrons. The molecule has 4 nitrogen and oxygen atoms in total. The fourth-order valence-corrected chi connectivity index (χ4v) is 3.02. The molecular formula is C20H20N4. The first-order valence-corrected chi connectivity index (χ1v) is 8.06. The molecule has 24 heavy (non-hydrogen) atoms. The van der Waals surface area contributed by atoms with Crippen LogP contribution < -0.4 is 10.2 Å². The number of rotatable bonds is 4. The summed E-state index contributed by atoms with van der Waals surface area (Å²) in [4.78, 5) is 6.69. The number of benzene rings is 1. The van der Waals surface area contributed by atoms with E-state index in [1.54, 1.807) is 6.08 Å². The third kappa shape index (κ3) is 3.37. The molecule has 1 aromatic heterocycles. The zero-order valence-corrected chi connectivity index (χ0v) is 13.6. The van der Waals surface area contributed by atoms with Crippen LogP contribution in [0.25, 0.3) is 16.3 Å². The van der Waals surface area contributed by atoms with Crippen LogP contribution in [0.2, 0.25) is 0 Å². The van der Waals surface area contributed by atoms with E-state index in [0.29, 0.717) is 0 Å². The zero-order valence-electron chi connectivity index (χ0n) is 13.6. The maximum atomic E-state index is 8.85. The Balaban J connectivity index is 2.15. The first kappa shape index (κ1) is 16.0. The maximum Gasteiger partial charge on any atom is 0.0912 e. The van der Waals surface area contributed by atoms with Gasteiger partial charge < -0.3 is 10.2 Å². The Morgan fingerprint density at radius 3 is 2.92 bits per heavy atom. The van der Waals surface area contributed by atoms with Crippen LogP contribution >= 0.6 is 0 Å². The zero-order chi connectivity index (χ0) is 16.8. The molecule has 1 fully saturated rings. The number of hydrogen-bond acceptors (Lipinski definition) is 4. The van der Waals surface area contributed by atoms with Crippen LogP contribution in [0.4, 0.5) is 5.69 Å². The van der Waals surface area contributed by atoms with E-state index in [4.69, 9.17) is 5.26 Å². The monoisotopic (exact) mass is 316 g/mol. The van der Waals surface area contributed by atoms with E-state index in [9.17, 15) is 0 Å². The Kier molecular flexibility index (Phi) is 5.05. The highest BCUT2D eigenvalue weighted by molar-refractivity contribution is 5.97. The summed E-state index contributed by atoms with van der Waals surface area (Å²) in [7, 11) is 0. The molecule has 1 aliphatic rings. The maximum absolute atomic E-state index is 8.85. The average molecular weight is 316 g/mol. The van der Waals surface area contributed by atoms with Crippen molar-refractivity contribution in [2.24, 2.45) is 0 Å². The molecule has 2 heterocycles. The van der Waals surface area contributed by atoms with Gasteiger partial charge in [-0.05, 0) is 40.8 Å². The lowest BCUT2D eigenvalue weighted by molar-refractivity contribution is 0.590. The highest BCUT2D eigenvalue weighted by atomic mass is 15.2. The van der Waals surface area contributed by atoms with Gasteiger partial charge in [-0.1, -0.05) is 18.7 Å². The number of allylic oxidation sites excluding steroid dienone is 5. The number of piperazine rings is 1. The van der Waals surface area contributed by atoms with Crippen molar-refractivity contribution in [1.82, 2.24) is 10.3 Å². The van der Waals surface area contributed by atoms with Gasteiger partial charge >= 0.3 is 0 Å². The molecule has 1 N–H and O–H groups in total. The van der Waals surface area contributed by atoms with Gasteiger partial charge in [0.2, 0.25) is 0 Å². The molecule has 0 amide bonds. The lowest BCUT2D eigenvalue weighted by atomic mass is 9.99. The van der Waals surface area contributed by atoms with Gasteiger partial charge in [0.05, 0.1) is 6.07 Å². The van der Waals surface area contributed by atoms with Crippen molar-refractivity contribution < 1.29 is 0 Å². The molecular weight excluding hydrogens is 296 g/mol. The topological polar surface area (TPSA) is 52.0 Å². The second kappa shape index (κ2) is 7.58. The standard InChI is InChI=1S/C20H20N4/c1-2-4-16(5-3-7-21)18-13-17-6-8-23-15-19(17)20(14-18)24-11-9-22-10-12-24/h2-6,8,13-15,22H,1,9-12H2/b5-3+,16-4+. The Labute approximate surface area is 142 Å². The quantitative estimate of drug-likeness (QED) is 0.694. The molecule has 0 atom stereocenters. The molecule has 4 heteroatoms. The SMILES string of the molecule is C=C/C=C(\C=C\C#N)c1cc(N2CCNCC2)c2cnccc2c1. The first-order valence-electron chi connectivity index (χ1n) is 8.06. The number of nitriles is 1. The van der Waals surface area contributed by atoms with Crippen molar-refractivity contribution in [3.8, 4) is 6.07 Å². The number of anilines is 1. The van der Waals surface area contributed by atoms with Crippen LogP contribution in [0.3, 0.4) is 0 Å². The number of fused-ring (bicyclic) bond motifs is 1. The minimum Gasteiger partial charge on any atom is -0.368 e. The molecule has 0 aliphatic carbocycles. The lowest BCUT2D eigenvalue weighted by Gasteiger charge is -2.31. The average Bonchev–Trinajstić information content (AvgIpc) is 2.65. The highest BCUT2D eigenvalue weighted by Crippen LogP contribution is 2.31. The lowest BCUT2D eigenvalue weighted by Crippen LogP contribution is -2.43. The van der Waals surface area contributed by atoms with Crippen molar-refractivity contribution in [1.29, 1.82) is 5.26 Å². The summed E-state index contributed by atoms with van der Waals surface area (Å²) in [5.74, 6) is 0. The second-order valence-electron chi connectivity index (χ2n) is 5.65. The van der Waals surface area contributed by atoms with Crippen LogP contribution in [0.5, 0.6) is 0 Å². The predicted molar refractivity (Wildman–Crippen MR) is 99.8 cm³/mol. The molecule has 0 radical (unpaired) electrons. The summed E-state index contributed by atoms with van der Waals surface area (Å²) < 4.78 is 0. The third-order valence-electron chi connectivity index (χ3n) is 4.16. The Bertz CT molecular complexity index is 836. The normalized spacial score (nSPS) is 15.6. The van der Waals surface area contributed by atoms with Gasteiger partial charge in [0.25, 0.3) is 0 Å². The molecule has 0 saturated carbocycles. The second-order valence-corrected chi connectivity index (χ2v) is 5.65. The predicted octanol–water partition coefficient (Wildman–Crippen LogP) is 3.29.